The van der Waals surface area contributed by atoms with E-state index in [-0.39, 0.29) is 46.2 Å². The highest BCUT2D eigenvalue weighted by Gasteiger charge is 2.31. The van der Waals surface area contributed by atoms with E-state index in [1.807, 2.05) is 50.9 Å². The van der Waals surface area contributed by atoms with Crippen molar-refractivity contribution in [1.82, 2.24) is 39.2 Å². The number of aryl methyl sites for hydroxylation is 4. The summed E-state index contributed by atoms with van der Waals surface area (Å²) in [4.78, 5) is 47.7. The zero-order valence-corrected chi connectivity index (χ0v) is 30.7. The van der Waals surface area contributed by atoms with Crippen molar-refractivity contribution in [2.45, 2.75) is 51.5 Å². The van der Waals surface area contributed by atoms with Crippen molar-refractivity contribution in [3.8, 4) is 17.1 Å². The Hall–Kier alpha value is -4.64. The number of sulfonamides is 1. The highest BCUT2D eigenvalue weighted by atomic mass is 32.2. The van der Waals surface area contributed by atoms with E-state index in [0.29, 0.717) is 50.3 Å². The maximum absolute atomic E-state index is 14.2. The van der Waals surface area contributed by atoms with E-state index in [0.717, 1.165) is 15.7 Å². The summed E-state index contributed by atoms with van der Waals surface area (Å²) in [6.45, 7) is 8.82. The number of aliphatic hydroxyl groups is 1. The fourth-order valence-corrected chi connectivity index (χ4v) is 7.55. The van der Waals surface area contributed by atoms with Crippen molar-refractivity contribution >= 4 is 33.0 Å². The number of aromatic nitrogens is 4. The minimum absolute atomic E-state index is 0.0476. The molecule has 0 spiro atoms. The summed E-state index contributed by atoms with van der Waals surface area (Å²) in [5.41, 5.74) is 2.74. The van der Waals surface area contributed by atoms with Gasteiger partial charge in [0.2, 0.25) is 15.9 Å². The number of benzene rings is 2. The fourth-order valence-electron chi connectivity index (χ4n) is 6.10. The number of carbonyl (C=O) groups is 2. The van der Waals surface area contributed by atoms with Crippen molar-refractivity contribution in [3.05, 3.63) is 69.1 Å². The minimum atomic E-state index is -3.96. The summed E-state index contributed by atoms with van der Waals surface area (Å²) in [6.07, 6.45) is 0.242. The van der Waals surface area contributed by atoms with Crippen LogP contribution >= 0.6 is 0 Å². The Morgan fingerprint density at radius 1 is 1.02 bits per heavy atom. The monoisotopic (exact) mass is 722 g/mol. The molecule has 3 N–H and O–H groups in total. The number of fused-ring (bicyclic) bond motifs is 1. The Morgan fingerprint density at radius 2 is 1.75 bits per heavy atom. The molecule has 2 aromatic carbocycles. The van der Waals surface area contributed by atoms with Crippen molar-refractivity contribution in [2.24, 2.45) is 7.05 Å². The van der Waals surface area contributed by atoms with Gasteiger partial charge in [-0.3, -0.25) is 14.3 Å². The van der Waals surface area contributed by atoms with Gasteiger partial charge in [0.25, 0.3) is 5.56 Å². The Balaban J connectivity index is 1.53. The van der Waals surface area contributed by atoms with Gasteiger partial charge in [0, 0.05) is 39.8 Å². The second-order valence-corrected chi connectivity index (χ2v) is 14.7. The number of nitrogens with zero attached hydrogens (tertiary/aromatic N) is 6. The number of rotatable bonds is 12. The van der Waals surface area contributed by atoms with Crippen LogP contribution in [0.4, 0.5) is 4.79 Å². The molecule has 3 heterocycles. The predicted octanol–water partition coefficient (Wildman–Crippen LogP) is 2.11. The summed E-state index contributed by atoms with van der Waals surface area (Å²) in [5.74, 6) is -0.556. The Labute approximate surface area is 297 Å². The first-order valence-electron chi connectivity index (χ1n) is 17.0. The van der Waals surface area contributed by atoms with Gasteiger partial charge >= 0.3 is 6.03 Å². The smallest absolute Gasteiger partial charge is 0.330 e. The van der Waals surface area contributed by atoms with Gasteiger partial charge in [-0.05, 0) is 63.6 Å². The normalized spacial score (nSPS) is 14.8. The van der Waals surface area contributed by atoms with E-state index in [2.05, 4.69) is 15.7 Å². The van der Waals surface area contributed by atoms with Crippen LogP contribution in [0, 0.1) is 13.8 Å². The van der Waals surface area contributed by atoms with Crippen molar-refractivity contribution in [2.75, 3.05) is 52.9 Å². The van der Waals surface area contributed by atoms with Crippen LogP contribution in [0.5, 0.6) is 5.75 Å². The lowest BCUT2D eigenvalue weighted by molar-refractivity contribution is -0.120. The molecule has 274 valence electrons. The van der Waals surface area contributed by atoms with Gasteiger partial charge in [0.1, 0.15) is 11.3 Å². The molecule has 15 nitrogen and oxygen atoms in total. The molecule has 5 rings (SSSR count). The molecule has 1 atom stereocenters. The number of amides is 2. The zero-order chi connectivity index (χ0) is 37.0. The summed E-state index contributed by atoms with van der Waals surface area (Å²) in [5, 5.41) is 20.3. The Morgan fingerprint density at radius 3 is 2.43 bits per heavy atom. The summed E-state index contributed by atoms with van der Waals surface area (Å²) >= 11 is 0. The number of hydrogen-bond acceptors (Lipinski definition) is 10. The molecule has 1 saturated heterocycles. The van der Waals surface area contributed by atoms with Gasteiger partial charge in [-0.2, -0.15) is 9.40 Å². The summed E-state index contributed by atoms with van der Waals surface area (Å²) in [7, 11) is -0.455. The molecule has 0 bridgehead atoms. The molecule has 4 aromatic rings. The molecule has 0 saturated carbocycles. The lowest BCUT2D eigenvalue weighted by Crippen LogP contribution is -2.47. The first kappa shape index (κ1) is 37.6. The number of likely N-dealkylation sites (N-methyl/N-ethyl adjacent to an activating group) is 1. The number of carbonyl (C=O) groups excluding carboxylic acids is 2. The van der Waals surface area contributed by atoms with Crippen molar-refractivity contribution in [3.63, 3.8) is 0 Å². The first-order valence-corrected chi connectivity index (χ1v) is 18.4. The molecule has 1 aliphatic rings. The number of hydrogen-bond donors (Lipinski definition) is 3. The van der Waals surface area contributed by atoms with Gasteiger partial charge in [-0.15, -0.1) is 0 Å². The maximum Gasteiger partial charge on any atom is 0.330 e. The second-order valence-electron chi connectivity index (χ2n) is 12.7. The van der Waals surface area contributed by atoms with Crippen LogP contribution < -0.4 is 20.9 Å². The third-order valence-electron chi connectivity index (χ3n) is 8.90. The number of aliphatic hydroxyl groups excluding tert-OH is 1. The standard InChI is InChI=1S/C35H46N8O7S/c1-7-9-27-31-32(41(6)39-27)34(46)43(35(47)37-21-30(45)36-20-28(44)25-18-22(3)10-11-23(25)4)33(38-31)26-19-24(12-13-29(26)50-8-2)51(48,49)42-16-14-40(5)15-17-42/h10-13,18-19,28,44H,7-9,14-17,20-21H2,1-6H3,(H,36,45)(H,37,47). The van der Waals surface area contributed by atoms with Crippen LogP contribution in [0.3, 0.4) is 0 Å². The Bertz CT molecular complexity index is 2100. The topological polar surface area (TPSA) is 181 Å². The van der Waals surface area contributed by atoms with Gasteiger partial charge in [0.05, 0.1) is 35.4 Å². The Kier molecular flexibility index (Phi) is 11.6. The highest BCUT2D eigenvalue weighted by molar-refractivity contribution is 7.89. The molecule has 1 fully saturated rings. The largest absolute Gasteiger partial charge is 0.493 e. The molecule has 1 aliphatic heterocycles. The first-order chi connectivity index (χ1) is 24.3. The van der Waals surface area contributed by atoms with Gasteiger partial charge in [0.15, 0.2) is 11.3 Å². The van der Waals surface area contributed by atoms with Crippen LogP contribution in [-0.4, -0.2) is 107 Å². The van der Waals surface area contributed by atoms with Crippen LogP contribution in [0.15, 0.2) is 46.1 Å². The van der Waals surface area contributed by atoms with E-state index < -0.39 is 40.2 Å². The molecule has 1 unspecified atom stereocenters. The third kappa shape index (κ3) is 7.98. The average molecular weight is 723 g/mol. The molecule has 2 aromatic heterocycles. The lowest BCUT2D eigenvalue weighted by atomic mass is 10.0. The molecule has 16 heteroatoms. The van der Waals surface area contributed by atoms with E-state index >= 15 is 0 Å². The molecule has 51 heavy (non-hydrogen) atoms. The van der Waals surface area contributed by atoms with E-state index in [1.165, 1.54) is 27.2 Å². The predicted molar refractivity (Wildman–Crippen MR) is 192 cm³/mol. The molecule has 0 aliphatic carbocycles. The molecule has 2 amide bonds. The van der Waals surface area contributed by atoms with Crippen molar-refractivity contribution < 1.29 is 27.9 Å². The molecule has 0 radical (unpaired) electrons. The van der Waals surface area contributed by atoms with Crippen LogP contribution in [0.2, 0.25) is 0 Å². The lowest BCUT2D eigenvalue weighted by Gasteiger charge is -2.31. The maximum atomic E-state index is 14.2. The molecular formula is C35H46N8O7S. The summed E-state index contributed by atoms with van der Waals surface area (Å²) < 4.78 is 37.1. The summed E-state index contributed by atoms with van der Waals surface area (Å²) in [6, 6.07) is 8.99. The van der Waals surface area contributed by atoms with Crippen LogP contribution in [0.1, 0.15) is 48.8 Å². The number of piperazine rings is 1. The third-order valence-corrected chi connectivity index (χ3v) is 10.8. The number of ether oxygens (including phenoxy) is 1. The average Bonchev–Trinajstić information content (AvgIpc) is 3.42. The SMILES string of the molecule is CCCc1nn(C)c2c(=O)n(C(=O)NCC(=O)NCC(O)c3cc(C)ccc3C)c(-c3cc(S(=O)(=O)N4CCN(C)CC4)ccc3OCC)nc12. The highest BCUT2D eigenvalue weighted by Crippen LogP contribution is 2.33. The quantitative estimate of drug-likeness (QED) is 0.196. The number of nitrogens with one attached hydrogen (secondary N) is 2. The van der Waals surface area contributed by atoms with Gasteiger partial charge < -0.3 is 25.4 Å². The molecular weight excluding hydrogens is 677 g/mol. The fraction of sp³-hybridized carbons (Fsp3) is 0.457. The van der Waals surface area contributed by atoms with E-state index in [4.69, 9.17) is 9.72 Å². The van der Waals surface area contributed by atoms with E-state index in [1.54, 1.807) is 14.0 Å². The van der Waals surface area contributed by atoms with Crippen LogP contribution in [-0.2, 0) is 28.3 Å². The second kappa shape index (κ2) is 15.7. The van der Waals surface area contributed by atoms with E-state index in [9.17, 15) is 27.9 Å². The zero-order valence-electron chi connectivity index (χ0n) is 29.9. The van der Waals surface area contributed by atoms with Crippen LogP contribution in [0.25, 0.3) is 22.4 Å². The van der Waals surface area contributed by atoms with Crippen molar-refractivity contribution in [1.29, 1.82) is 0 Å². The van der Waals surface area contributed by atoms with Gasteiger partial charge in [-0.1, -0.05) is 37.1 Å². The van der Waals surface area contributed by atoms with Gasteiger partial charge in [-0.25, -0.2) is 22.8 Å². The minimum Gasteiger partial charge on any atom is -0.493 e.